The lowest BCUT2D eigenvalue weighted by Crippen LogP contribution is -2.25. The van der Waals surface area contributed by atoms with E-state index in [1.54, 1.807) is 7.11 Å². The molecule has 1 heterocycles. The van der Waals surface area contributed by atoms with Gasteiger partial charge < -0.3 is 19.5 Å². The van der Waals surface area contributed by atoms with Crippen LogP contribution in [0.2, 0.25) is 0 Å². The maximum atomic E-state index is 13.0. The van der Waals surface area contributed by atoms with E-state index in [1.165, 1.54) is 21.6 Å². The number of carbonyl (C=O) groups excluding carboxylic acids is 1. The molecule has 5 aromatic rings. The van der Waals surface area contributed by atoms with Gasteiger partial charge in [0, 0.05) is 48.8 Å². The predicted molar refractivity (Wildman–Crippen MR) is 193 cm³/mol. The summed E-state index contributed by atoms with van der Waals surface area (Å²) < 4.78 is 16.8. The summed E-state index contributed by atoms with van der Waals surface area (Å²) in [6.07, 6.45) is 0.749. The van der Waals surface area contributed by atoms with Crippen molar-refractivity contribution in [3.8, 4) is 17.2 Å². The SMILES string of the molecule is COc1c(Cc2ccc(C(=O)NCc3ccc(CN(CCSc4ccccc4)Cc4ccc5c(c4)OCO5)cc3)cc2)ccc(C)c1C. The highest BCUT2D eigenvalue weighted by atomic mass is 32.2. The third-order valence-corrected chi connectivity index (χ3v) is 9.71. The molecule has 1 aliphatic rings. The normalized spacial score (nSPS) is 11.9. The fourth-order valence-electron chi connectivity index (χ4n) is 5.89. The lowest BCUT2D eigenvalue weighted by atomic mass is 9.98. The van der Waals surface area contributed by atoms with Crippen LogP contribution < -0.4 is 19.5 Å². The molecule has 48 heavy (non-hydrogen) atoms. The van der Waals surface area contributed by atoms with E-state index in [0.29, 0.717) is 12.1 Å². The summed E-state index contributed by atoms with van der Waals surface area (Å²) >= 11 is 1.87. The van der Waals surface area contributed by atoms with Gasteiger partial charge in [-0.25, -0.2) is 0 Å². The molecule has 7 heteroatoms. The summed E-state index contributed by atoms with van der Waals surface area (Å²) in [5, 5.41) is 3.08. The summed E-state index contributed by atoms with van der Waals surface area (Å²) in [5.74, 6) is 3.45. The summed E-state index contributed by atoms with van der Waals surface area (Å²) in [4.78, 5) is 16.7. The Balaban J connectivity index is 1.03. The van der Waals surface area contributed by atoms with Crippen molar-refractivity contribution in [1.29, 1.82) is 0 Å². The Labute approximate surface area is 288 Å². The first-order valence-electron chi connectivity index (χ1n) is 16.3. The van der Waals surface area contributed by atoms with Gasteiger partial charge in [-0.15, -0.1) is 11.8 Å². The van der Waals surface area contributed by atoms with Crippen LogP contribution in [-0.2, 0) is 26.1 Å². The fourth-order valence-corrected chi connectivity index (χ4v) is 6.82. The van der Waals surface area contributed by atoms with Gasteiger partial charge in [0.1, 0.15) is 5.75 Å². The standard InChI is InChI=1S/C41H42N2O4S/c1-29-9-17-36(40(45-3)30(29)2)23-31-14-18-35(19-15-31)41(44)42-25-32-10-12-33(13-11-32)26-43(21-22-48-37-7-5-4-6-8-37)27-34-16-20-38-39(24-34)47-28-46-38/h4-20,24H,21-23,25-28H2,1-3H3,(H,42,44). The van der Waals surface area contributed by atoms with Gasteiger partial charge in [-0.1, -0.05) is 72.8 Å². The number of amides is 1. The van der Waals surface area contributed by atoms with E-state index < -0.39 is 0 Å². The van der Waals surface area contributed by atoms with Crippen molar-refractivity contribution in [3.05, 3.63) is 154 Å². The second-order valence-corrected chi connectivity index (χ2v) is 13.3. The number of methoxy groups -OCH3 is 1. The number of fused-ring (bicyclic) bond motifs is 1. The Morgan fingerprint density at radius 2 is 1.48 bits per heavy atom. The van der Waals surface area contributed by atoms with Gasteiger partial charge in [0.2, 0.25) is 6.79 Å². The summed E-state index contributed by atoms with van der Waals surface area (Å²) in [5.41, 5.74) is 8.79. The van der Waals surface area contributed by atoms with Crippen LogP contribution in [0.4, 0.5) is 0 Å². The van der Waals surface area contributed by atoms with Crippen LogP contribution in [0.25, 0.3) is 0 Å². The Bertz CT molecular complexity index is 1830. The number of aryl methyl sites for hydroxylation is 1. The van der Waals surface area contributed by atoms with Crippen LogP contribution in [0.1, 0.15) is 49.3 Å². The maximum absolute atomic E-state index is 13.0. The Kier molecular flexibility index (Phi) is 11.0. The molecule has 0 saturated carbocycles. The van der Waals surface area contributed by atoms with Crippen molar-refractivity contribution in [2.75, 3.05) is 26.2 Å². The van der Waals surface area contributed by atoms with Crippen molar-refractivity contribution >= 4 is 17.7 Å². The molecule has 0 aromatic heterocycles. The summed E-state index contributed by atoms with van der Waals surface area (Å²) in [6, 6.07) is 37.3. The molecule has 0 bridgehead atoms. The Morgan fingerprint density at radius 3 is 2.25 bits per heavy atom. The third-order valence-electron chi connectivity index (χ3n) is 8.72. The molecule has 5 aromatic carbocycles. The minimum atomic E-state index is -0.0831. The molecule has 246 valence electrons. The number of ether oxygens (including phenoxy) is 3. The van der Waals surface area contributed by atoms with Crippen LogP contribution in [-0.4, -0.2) is 37.0 Å². The van der Waals surface area contributed by atoms with Crippen molar-refractivity contribution in [2.45, 2.75) is 44.8 Å². The molecule has 0 radical (unpaired) electrons. The van der Waals surface area contributed by atoms with Crippen molar-refractivity contribution < 1.29 is 19.0 Å². The summed E-state index contributed by atoms with van der Waals surface area (Å²) in [7, 11) is 1.72. The van der Waals surface area contributed by atoms with Crippen molar-refractivity contribution in [2.24, 2.45) is 0 Å². The minimum Gasteiger partial charge on any atom is -0.496 e. The van der Waals surface area contributed by atoms with Crippen LogP contribution in [0.5, 0.6) is 17.2 Å². The van der Waals surface area contributed by atoms with E-state index in [0.717, 1.165) is 71.3 Å². The number of nitrogens with zero attached hydrogens (tertiary/aromatic N) is 1. The van der Waals surface area contributed by atoms with E-state index in [9.17, 15) is 4.79 Å². The molecule has 0 saturated heterocycles. The smallest absolute Gasteiger partial charge is 0.251 e. The Hall–Kier alpha value is -4.72. The van der Waals surface area contributed by atoms with E-state index in [1.807, 2.05) is 42.1 Å². The molecular formula is C41H42N2O4S. The number of benzene rings is 5. The average molecular weight is 659 g/mol. The molecule has 1 N–H and O–H groups in total. The zero-order valence-corrected chi connectivity index (χ0v) is 28.6. The lowest BCUT2D eigenvalue weighted by Gasteiger charge is -2.23. The van der Waals surface area contributed by atoms with E-state index in [4.69, 9.17) is 14.2 Å². The molecule has 6 nitrogen and oxygen atoms in total. The lowest BCUT2D eigenvalue weighted by molar-refractivity contribution is 0.0951. The van der Waals surface area contributed by atoms with Crippen LogP contribution in [0, 0.1) is 13.8 Å². The van der Waals surface area contributed by atoms with Crippen molar-refractivity contribution in [3.63, 3.8) is 0 Å². The average Bonchev–Trinajstić information content (AvgIpc) is 3.58. The predicted octanol–water partition coefficient (Wildman–Crippen LogP) is 8.36. The van der Waals surface area contributed by atoms with Gasteiger partial charge in [0.05, 0.1) is 7.11 Å². The monoisotopic (exact) mass is 658 g/mol. The molecule has 1 amide bonds. The molecule has 0 atom stereocenters. The Morgan fingerprint density at radius 1 is 0.792 bits per heavy atom. The maximum Gasteiger partial charge on any atom is 0.251 e. The van der Waals surface area contributed by atoms with Crippen LogP contribution in [0.15, 0.2) is 114 Å². The number of thioether (sulfide) groups is 1. The quantitative estimate of drug-likeness (QED) is 0.121. The van der Waals surface area contributed by atoms with Gasteiger partial charge >= 0.3 is 0 Å². The van der Waals surface area contributed by atoms with Gasteiger partial charge in [0.15, 0.2) is 11.5 Å². The van der Waals surface area contributed by atoms with E-state index in [-0.39, 0.29) is 12.7 Å². The minimum absolute atomic E-state index is 0.0831. The molecular weight excluding hydrogens is 617 g/mol. The van der Waals surface area contributed by atoms with Gasteiger partial charge in [-0.3, -0.25) is 9.69 Å². The second kappa shape index (κ2) is 15.9. The molecule has 0 unspecified atom stereocenters. The number of nitrogens with one attached hydrogen (secondary N) is 1. The van der Waals surface area contributed by atoms with Crippen LogP contribution >= 0.6 is 11.8 Å². The number of hydrogen-bond donors (Lipinski definition) is 1. The fraction of sp³-hybridized carbons (Fsp3) is 0.244. The van der Waals surface area contributed by atoms with Crippen molar-refractivity contribution in [1.82, 2.24) is 10.2 Å². The highest BCUT2D eigenvalue weighted by Crippen LogP contribution is 2.33. The largest absolute Gasteiger partial charge is 0.496 e. The molecule has 0 aliphatic carbocycles. The zero-order valence-electron chi connectivity index (χ0n) is 27.8. The van der Waals surface area contributed by atoms with Gasteiger partial charge in [-0.05, 0) is 89.2 Å². The van der Waals surface area contributed by atoms with E-state index >= 15 is 0 Å². The van der Waals surface area contributed by atoms with E-state index in [2.05, 4.69) is 103 Å². The first-order chi connectivity index (χ1) is 23.4. The highest BCUT2D eigenvalue weighted by Gasteiger charge is 2.16. The second-order valence-electron chi connectivity index (χ2n) is 12.1. The first-order valence-corrected chi connectivity index (χ1v) is 17.3. The number of rotatable bonds is 14. The molecule has 1 aliphatic heterocycles. The van der Waals surface area contributed by atoms with Gasteiger partial charge in [-0.2, -0.15) is 0 Å². The third kappa shape index (κ3) is 8.59. The topological polar surface area (TPSA) is 60.0 Å². The molecule has 0 spiro atoms. The van der Waals surface area contributed by atoms with Gasteiger partial charge in [0.25, 0.3) is 5.91 Å². The van der Waals surface area contributed by atoms with Crippen LogP contribution in [0.3, 0.4) is 0 Å². The number of hydrogen-bond acceptors (Lipinski definition) is 6. The molecule has 0 fully saturated rings. The summed E-state index contributed by atoms with van der Waals surface area (Å²) in [6.45, 7) is 7.48. The zero-order chi connectivity index (χ0) is 33.3. The number of carbonyl (C=O) groups is 1. The highest BCUT2D eigenvalue weighted by molar-refractivity contribution is 7.99. The molecule has 6 rings (SSSR count). The first kappa shape index (κ1) is 33.2.